The second-order valence-corrected chi connectivity index (χ2v) is 13.9. The zero-order chi connectivity index (χ0) is 30.0. The van der Waals surface area contributed by atoms with E-state index < -0.39 is 0 Å². The summed E-state index contributed by atoms with van der Waals surface area (Å²) in [5.74, 6) is 0. The van der Waals surface area contributed by atoms with E-state index in [1.807, 2.05) is 11.8 Å². The molecule has 0 nitrogen and oxygen atoms in total. The van der Waals surface area contributed by atoms with Crippen molar-refractivity contribution in [1.29, 1.82) is 0 Å². The van der Waals surface area contributed by atoms with E-state index >= 15 is 0 Å². The maximum absolute atomic E-state index is 2.53. The number of rotatable bonds is 1. The summed E-state index contributed by atoms with van der Waals surface area (Å²) in [5, 5.41) is 5.24. The highest BCUT2D eigenvalue weighted by Gasteiger charge is 2.51. The Balaban J connectivity index is 1.27. The molecule has 0 aromatic heterocycles. The molecular formula is C45H26S. The maximum atomic E-state index is 2.53. The van der Waals surface area contributed by atoms with Crippen molar-refractivity contribution in [1.82, 2.24) is 0 Å². The maximum Gasteiger partial charge on any atom is 0.0725 e. The van der Waals surface area contributed by atoms with Crippen molar-refractivity contribution in [3.05, 3.63) is 180 Å². The van der Waals surface area contributed by atoms with Crippen molar-refractivity contribution in [3.8, 4) is 44.5 Å². The van der Waals surface area contributed by atoms with Crippen LogP contribution in [0.15, 0.2) is 168 Å². The summed E-state index contributed by atoms with van der Waals surface area (Å²) in [5.41, 5.74) is 15.8. The van der Waals surface area contributed by atoms with Gasteiger partial charge in [-0.15, -0.1) is 0 Å². The quantitative estimate of drug-likeness (QED) is 0.181. The normalized spacial score (nSPS) is 14.2. The zero-order valence-electron chi connectivity index (χ0n) is 24.9. The van der Waals surface area contributed by atoms with Crippen LogP contribution in [-0.2, 0) is 5.41 Å². The predicted molar refractivity (Wildman–Crippen MR) is 193 cm³/mol. The Kier molecular flexibility index (Phi) is 4.80. The molecule has 1 aliphatic heterocycles. The molecule has 0 unspecified atom stereocenters. The minimum absolute atomic E-state index is 0.384. The van der Waals surface area contributed by atoms with Crippen molar-refractivity contribution in [3.63, 3.8) is 0 Å². The Morgan fingerprint density at radius 2 is 0.935 bits per heavy atom. The van der Waals surface area contributed by atoms with Crippen LogP contribution in [0.3, 0.4) is 0 Å². The van der Waals surface area contributed by atoms with E-state index in [-0.39, 0.29) is 5.41 Å². The molecule has 0 amide bonds. The van der Waals surface area contributed by atoms with Gasteiger partial charge in [-0.05, 0) is 113 Å². The first kappa shape index (κ1) is 24.9. The molecule has 0 radical (unpaired) electrons. The van der Waals surface area contributed by atoms with Gasteiger partial charge in [-0.3, -0.25) is 0 Å². The first-order valence-electron chi connectivity index (χ1n) is 16.0. The monoisotopic (exact) mass is 598 g/mol. The lowest BCUT2D eigenvalue weighted by molar-refractivity contribution is 0.795. The van der Waals surface area contributed by atoms with Crippen LogP contribution in [0.25, 0.3) is 66.1 Å². The van der Waals surface area contributed by atoms with Crippen molar-refractivity contribution >= 4 is 33.3 Å². The molecule has 8 aromatic rings. The SMILES string of the molecule is c1ccc2c(c1)Sc1cccc3ccc(-c4ccc5c(c4)C4(c6ccccc6-c6ccccc64)c4cc6ccccc6cc4-5)c-2c13. The molecule has 0 bridgehead atoms. The molecule has 0 saturated heterocycles. The van der Waals surface area contributed by atoms with Crippen LogP contribution in [0.5, 0.6) is 0 Å². The van der Waals surface area contributed by atoms with Crippen LogP contribution >= 0.6 is 11.8 Å². The molecule has 0 saturated carbocycles. The van der Waals surface area contributed by atoms with Crippen molar-refractivity contribution in [2.75, 3.05) is 0 Å². The molecule has 8 aromatic carbocycles. The van der Waals surface area contributed by atoms with Crippen molar-refractivity contribution in [2.45, 2.75) is 15.2 Å². The molecule has 1 spiro atoms. The van der Waals surface area contributed by atoms with Gasteiger partial charge in [-0.25, -0.2) is 0 Å². The first-order valence-corrected chi connectivity index (χ1v) is 16.8. The Hall–Kier alpha value is -5.37. The lowest BCUT2D eigenvalue weighted by atomic mass is 9.70. The summed E-state index contributed by atoms with van der Waals surface area (Å²) in [4.78, 5) is 2.66. The average molecular weight is 599 g/mol. The lowest BCUT2D eigenvalue weighted by Gasteiger charge is -2.31. The van der Waals surface area contributed by atoms with E-state index in [2.05, 4.69) is 158 Å². The van der Waals surface area contributed by atoms with Crippen LogP contribution in [0.4, 0.5) is 0 Å². The van der Waals surface area contributed by atoms with Gasteiger partial charge in [0.2, 0.25) is 0 Å². The molecule has 0 atom stereocenters. The lowest BCUT2D eigenvalue weighted by Crippen LogP contribution is -2.25. The second kappa shape index (κ2) is 8.88. The molecule has 3 aliphatic rings. The zero-order valence-corrected chi connectivity index (χ0v) is 25.7. The van der Waals surface area contributed by atoms with E-state index in [0.29, 0.717) is 0 Å². The highest BCUT2D eigenvalue weighted by molar-refractivity contribution is 7.99. The summed E-state index contributed by atoms with van der Waals surface area (Å²) >= 11 is 1.89. The number of benzene rings is 8. The first-order chi connectivity index (χ1) is 22.8. The summed E-state index contributed by atoms with van der Waals surface area (Å²) in [7, 11) is 0. The van der Waals surface area contributed by atoms with Gasteiger partial charge in [0.05, 0.1) is 5.41 Å². The summed E-state index contributed by atoms with van der Waals surface area (Å²) in [6.07, 6.45) is 0. The predicted octanol–water partition coefficient (Wildman–Crippen LogP) is 12.1. The van der Waals surface area contributed by atoms with Gasteiger partial charge in [-0.2, -0.15) is 0 Å². The van der Waals surface area contributed by atoms with Gasteiger partial charge in [0.1, 0.15) is 0 Å². The third-order valence-electron chi connectivity index (χ3n) is 10.7. The summed E-state index contributed by atoms with van der Waals surface area (Å²) in [6.45, 7) is 0. The number of fused-ring (bicyclic) bond motifs is 13. The Morgan fingerprint density at radius 1 is 0.348 bits per heavy atom. The van der Waals surface area contributed by atoms with Crippen LogP contribution in [0, 0.1) is 0 Å². The van der Waals surface area contributed by atoms with Crippen LogP contribution in [-0.4, -0.2) is 0 Å². The largest absolute Gasteiger partial charge is 0.0888 e. The van der Waals surface area contributed by atoms with Crippen LogP contribution in [0.2, 0.25) is 0 Å². The topological polar surface area (TPSA) is 0 Å². The third kappa shape index (κ3) is 3.02. The summed E-state index contributed by atoms with van der Waals surface area (Å²) < 4.78 is 0. The smallest absolute Gasteiger partial charge is 0.0725 e. The van der Waals surface area contributed by atoms with E-state index in [0.717, 1.165) is 0 Å². The van der Waals surface area contributed by atoms with Gasteiger partial charge in [0, 0.05) is 15.2 Å². The van der Waals surface area contributed by atoms with Gasteiger partial charge >= 0.3 is 0 Å². The molecule has 46 heavy (non-hydrogen) atoms. The van der Waals surface area contributed by atoms with E-state index in [9.17, 15) is 0 Å². The fourth-order valence-corrected chi connectivity index (χ4v) is 9.95. The van der Waals surface area contributed by atoms with E-state index in [1.54, 1.807) is 0 Å². The van der Waals surface area contributed by atoms with Gasteiger partial charge < -0.3 is 0 Å². The van der Waals surface area contributed by atoms with Gasteiger partial charge in [-0.1, -0.05) is 139 Å². The molecule has 0 fully saturated rings. The van der Waals surface area contributed by atoms with Gasteiger partial charge in [0.15, 0.2) is 0 Å². The molecule has 0 N–H and O–H groups in total. The number of hydrogen-bond acceptors (Lipinski definition) is 1. The third-order valence-corrected chi connectivity index (χ3v) is 11.8. The average Bonchev–Trinajstić information content (AvgIpc) is 3.57. The molecule has 2 aliphatic carbocycles. The molecule has 1 heterocycles. The molecule has 11 rings (SSSR count). The standard InChI is InChI=1S/C45H26S/c1-2-11-29-25-40-36(24-28(29)10-1)34-23-21-30(26-39(34)45(40)37-16-6-3-13-32(37)33-14-4-7-17-38(33)45)31-22-20-27-12-9-19-42-43(27)44(31)35-15-5-8-18-41(35)46-42/h1-26H. The highest BCUT2D eigenvalue weighted by Crippen LogP contribution is 2.64. The minimum Gasteiger partial charge on any atom is -0.0888 e. The fraction of sp³-hybridized carbons (Fsp3) is 0.0222. The molecule has 1 heteroatoms. The highest BCUT2D eigenvalue weighted by atomic mass is 32.2. The van der Waals surface area contributed by atoms with Gasteiger partial charge in [0.25, 0.3) is 0 Å². The summed E-state index contributed by atoms with van der Waals surface area (Å²) in [6, 6.07) is 59.5. The van der Waals surface area contributed by atoms with E-state index in [4.69, 9.17) is 0 Å². The minimum atomic E-state index is -0.384. The molecular weight excluding hydrogens is 573 g/mol. The van der Waals surface area contributed by atoms with Crippen molar-refractivity contribution < 1.29 is 0 Å². The fourth-order valence-electron chi connectivity index (χ4n) is 8.82. The van der Waals surface area contributed by atoms with Crippen molar-refractivity contribution in [2.24, 2.45) is 0 Å². The van der Waals surface area contributed by atoms with E-state index in [1.165, 1.54) is 98.1 Å². The van der Waals surface area contributed by atoms with Crippen LogP contribution < -0.4 is 0 Å². The molecule has 212 valence electrons. The number of hydrogen-bond donors (Lipinski definition) is 0. The second-order valence-electron chi connectivity index (χ2n) is 12.8. The Bertz CT molecular complexity index is 2580. The Labute approximate surface area is 272 Å². The van der Waals surface area contributed by atoms with Crippen LogP contribution in [0.1, 0.15) is 22.3 Å². The Morgan fingerprint density at radius 3 is 1.74 bits per heavy atom.